The van der Waals surface area contributed by atoms with E-state index >= 15 is 0 Å². The monoisotopic (exact) mass is 471 g/mol. The zero-order chi connectivity index (χ0) is 23.6. The van der Waals surface area contributed by atoms with E-state index < -0.39 is 0 Å². The van der Waals surface area contributed by atoms with Gasteiger partial charge >= 0.3 is 0 Å². The van der Waals surface area contributed by atoms with Crippen molar-refractivity contribution >= 4 is 16.9 Å². The second-order valence-electron chi connectivity index (χ2n) is 9.30. The number of morpholine rings is 1. The number of fused-ring (bicyclic) bond motifs is 1. The summed E-state index contributed by atoms with van der Waals surface area (Å²) in [6, 6.07) is 17.7. The van der Waals surface area contributed by atoms with Crippen molar-refractivity contribution in [2.75, 3.05) is 44.3 Å². The molecule has 8 heteroatoms. The molecule has 0 radical (unpaired) electrons. The van der Waals surface area contributed by atoms with Crippen LogP contribution in [0, 0.1) is 0 Å². The van der Waals surface area contributed by atoms with Crippen LogP contribution in [0.5, 0.6) is 5.75 Å². The Hall–Kier alpha value is -3.49. The first-order chi connectivity index (χ1) is 17.2. The Balaban J connectivity index is 1.31. The Bertz CT molecular complexity index is 1290. The molecule has 4 aromatic rings. The van der Waals surface area contributed by atoms with Gasteiger partial charge in [-0.25, -0.2) is 9.97 Å². The summed E-state index contributed by atoms with van der Waals surface area (Å²) < 4.78 is 11.5. The highest BCUT2D eigenvalue weighted by Gasteiger charge is 2.29. The predicted octanol–water partition coefficient (Wildman–Crippen LogP) is 4.21. The van der Waals surface area contributed by atoms with Crippen LogP contribution >= 0.6 is 0 Å². The number of phenolic OH excluding ortho intramolecular Hbond substituents is 1. The maximum Gasteiger partial charge on any atom is 0.227 e. The number of hydrogen-bond donors (Lipinski definition) is 1. The largest absolute Gasteiger partial charge is 0.508 e. The molecule has 2 aromatic heterocycles. The number of phenols is 1. The molecule has 0 bridgehead atoms. The summed E-state index contributed by atoms with van der Waals surface area (Å²) in [5.74, 6) is 1.79. The molecular formula is C27H29N5O3. The predicted molar refractivity (Wildman–Crippen MR) is 133 cm³/mol. The molecule has 0 saturated carbocycles. The smallest absolute Gasteiger partial charge is 0.227 e. The van der Waals surface area contributed by atoms with Crippen LogP contribution in [0.1, 0.15) is 30.0 Å². The number of piperidine rings is 1. The Morgan fingerprint density at radius 3 is 2.49 bits per heavy atom. The normalized spacial score (nSPS) is 17.8. The lowest BCUT2D eigenvalue weighted by molar-refractivity contribution is 0.122. The first-order valence-corrected chi connectivity index (χ1v) is 12.3. The van der Waals surface area contributed by atoms with E-state index in [0.29, 0.717) is 24.6 Å². The topological polar surface area (TPSA) is 87.8 Å². The van der Waals surface area contributed by atoms with Crippen molar-refractivity contribution in [1.82, 2.24) is 20.0 Å². The van der Waals surface area contributed by atoms with E-state index in [1.165, 1.54) is 5.56 Å². The molecule has 4 heterocycles. The van der Waals surface area contributed by atoms with Crippen molar-refractivity contribution in [2.24, 2.45) is 0 Å². The van der Waals surface area contributed by atoms with E-state index in [0.717, 1.165) is 68.2 Å². The van der Waals surface area contributed by atoms with Gasteiger partial charge in [0.15, 0.2) is 11.6 Å². The van der Waals surface area contributed by atoms with E-state index in [9.17, 15) is 5.11 Å². The Morgan fingerprint density at radius 2 is 1.71 bits per heavy atom. The second-order valence-corrected chi connectivity index (χ2v) is 9.30. The zero-order valence-corrected chi connectivity index (χ0v) is 19.6. The molecule has 0 amide bonds. The van der Waals surface area contributed by atoms with Gasteiger partial charge in [0, 0.05) is 31.1 Å². The van der Waals surface area contributed by atoms with Gasteiger partial charge < -0.3 is 19.3 Å². The fraction of sp³-hybridized carbons (Fsp3) is 0.370. The molecular weight excluding hydrogens is 442 g/mol. The first kappa shape index (κ1) is 22.0. The fourth-order valence-corrected chi connectivity index (χ4v) is 5.07. The van der Waals surface area contributed by atoms with Crippen LogP contribution in [0.3, 0.4) is 0 Å². The minimum Gasteiger partial charge on any atom is -0.508 e. The van der Waals surface area contributed by atoms with Crippen LogP contribution < -0.4 is 4.90 Å². The SMILES string of the molecule is Oc1cccc(-c2nc(N3CCOCC3)c3onc(C4CCN(Cc5ccccc5)CC4)c3n2)c1. The maximum atomic E-state index is 10.0. The van der Waals surface area contributed by atoms with Crippen LogP contribution in [-0.2, 0) is 11.3 Å². The lowest BCUT2D eigenvalue weighted by Gasteiger charge is -2.31. The molecule has 2 aromatic carbocycles. The fourth-order valence-electron chi connectivity index (χ4n) is 5.07. The number of anilines is 1. The van der Waals surface area contributed by atoms with E-state index in [1.807, 2.05) is 12.1 Å². The Kier molecular flexibility index (Phi) is 6.06. The van der Waals surface area contributed by atoms with Crippen molar-refractivity contribution < 1.29 is 14.4 Å². The molecule has 0 unspecified atom stereocenters. The first-order valence-electron chi connectivity index (χ1n) is 12.3. The summed E-state index contributed by atoms with van der Waals surface area (Å²) in [5.41, 5.74) is 4.44. The van der Waals surface area contributed by atoms with Crippen LogP contribution in [0.15, 0.2) is 59.1 Å². The van der Waals surface area contributed by atoms with E-state index in [1.54, 1.807) is 12.1 Å². The van der Waals surface area contributed by atoms with Gasteiger partial charge in [0.25, 0.3) is 0 Å². The number of likely N-dealkylation sites (tertiary alicyclic amines) is 1. The molecule has 0 spiro atoms. The van der Waals surface area contributed by atoms with Gasteiger partial charge in [0.05, 0.1) is 13.2 Å². The van der Waals surface area contributed by atoms with Crippen molar-refractivity contribution in [3.05, 3.63) is 65.9 Å². The van der Waals surface area contributed by atoms with Gasteiger partial charge in [-0.2, -0.15) is 0 Å². The zero-order valence-electron chi connectivity index (χ0n) is 19.6. The van der Waals surface area contributed by atoms with Gasteiger partial charge in [0.1, 0.15) is 17.0 Å². The lowest BCUT2D eigenvalue weighted by atomic mass is 9.92. The number of rotatable bonds is 5. The van der Waals surface area contributed by atoms with Crippen LogP contribution in [0.25, 0.3) is 22.5 Å². The summed E-state index contributed by atoms with van der Waals surface area (Å²) >= 11 is 0. The van der Waals surface area contributed by atoms with E-state index in [2.05, 4.69) is 45.3 Å². The summed E-state index contributed by atoms with van der Waals surface area (Å²) in [5, 5.41) is 14.6. The third kappa shape index (κ3) is 4.59. The number of benzene rings is 2. The summed E-state index contributed by atoms with van der Waals surface area (Å²) in [6.45, 7) is 5.75. The minimum atomic E-state index is 0.190. The van der Waals surface area contributed by atoms with Gasteiger partial charge in [-0.1, -0.05) is 47.6 Å². The molecule has 1 N–H and O–H groups in total. The second kappa shape index (κ2) is 9.64. The van der Waals surface area contributed by atoms with Crippen LogP contribution in [0.2, 0.25) is 0 Å². The van der Waals surface area contributed by atoms with Gasteiger partial charge in [0.2, 0.25) is 5.58 Å². The molecule has 2 aliphatic heterocycles. The maximum absolute atomic E-state index is 10.0. The minimum absolute atomic E-state index is 0.190. The molecule has 2 fully saturated rings. The average molecular weight is 472 g/mol. The number of hydrogen-bond acceptors (Lipinski definition) is 8. The van der Waals surface area contributed by atoms with Gasteiger partial charge in [-0.05, 0) is 43.6 Å². The molecule has 180 valence electrons. The highest BCUT2D eigenvalue weighted by atomic mass is 16.5. The quantitative estimate of drug-likeness (QED) is 0.463. The highest BCUT2D eigenvalue weighted by molar-refractivity contribution is 5.88. The van der Waals surface area contributed by atoms with Crippen molar-refractivity contribution in [3.8, 4) is 17.1 Å². The third-order valence-electron chi connectivity index (χ3n) is 6.96. The molecule has 2 saturated heterocycles. The standard InChI is InChI=1S/C27H29N5O3/c33-22-8-4-7-21(17-22)26-28-24-23(30-35-25(24)27(29-26)32-13-15-34-16-14-32)20-9-11-31(12-10-20)18-19-5-2-1-3-6-19/h1-8,17,20,33H,9-16,18H2. The van der Waals surface area contributed by atoms with E-state index in [4.69, 9.17) is 19.2 Å². The molecule has 35 heavy (non-hydrogen) atoms. The number of aromatic hydroxyl groups is 1. The van der Waals surface area contributed by atoms with Gasteiger partial charge in [-0.15, -0.1) is 0 Å². The third-order valence-corrected chi connectivity index (χ3v) is 6.96. The number of aromatic nitrogens is 3. The molecule has 8 nitrogen and oxygen atoms in total. The van der Waals surface area contributed by atoms with Crippen LogP contribution in [-0.4, -0.2) is 64.5 Å². The molecule has 2 aliphatic rings. The highest BCUT2D eigenvalue weighted by Crippen LogP contribution is 2.36. The summed E-state index contributed by atoms with van der Waals surface area (Å²) in [4.78, 5) is 14.5. The number of nitrogens with zero attached hydrogens (tertiary/aromatic N) is 5. The molecule has 6 rings (SSSR count). The number of ether oxygens (including phenoxy) is 1. The molecule has 0 atom stereocenters. The van der Waals surface area contributed by atoms with Crippen LogP contribution in [0.4, 0.5) is 5.82 Å². The summed E-state index contributed by atoms with van der Waals surface area (Å²) in [7, 11) is 0. The summed E-state index contributed by atoms with van der Waals surface area (Å²) in [6.07, 6.45) is 2.01. The van der Waals surface area contributed by atoms with Crippen molar-refractivity contribution in [1.29, 1.82) is 0 Å². The molecule has 0 aliphatic carbocycles. The Labute approximate surface area is 204 Å². The average Bonchev–Trinajstić information content (AvgIpc) is 3.34. The lowest BCUT2D eigenvalue weighted by Crippen LogP contribution is -2.37. The van der Waals surface area contributed by atoms with Gasteiger partial charge in [-0.3, -0.25) is 4.90 Å². The van der Waals surface area contributed by atoms with Crippen molar-refractivity contribution in [3.63, 3.8) is 0 Å². The van der Waals surface area contributed by atoms with Crippen molar-refractivity contribution in [2.45, 2.75) is 25.3 Å². The van der Waals surface area contributed by atoms with E-state index in [-0.39, 0.29) is 11.7 Å². The Morgan fingerprint density at radius 1 is 0.914 bits per heavy atom.